The number of benzene rings is 1. The number of aromatic amines is 1. The van der Waals surface area contributed by atoms with Crippen molar-refractivity contribution in [1.29, 1.82) is 0 Å². The highest BCUT2D eigenvalue weighted by Gasteiger charge is 2.57. The summed E-state index contributed by atoms with van der Waals surface area (Å²) in [7, 11) is 0. The van der Waals surface area contributed by atoms with E-state index in [-0.39, 0.29) is 18.5 Å². The number of carbonyl (C=O) groups excluding carboxylic acids is 2. The summed E-state index contributed by atoms with van der Waals surface area (Å²) in [6.07, 6.45) is 4.61. The van der Waals surface area contributed by atoms with Gasteiger partial charge >= 0.3 is 6.03 Å². The first-order chi connectivity index (χ1) is 16.1. The Morgan fingerprint density at radius 1 is 0.939 bits per heavy atom. The molecular formula is C25H28N6O2. The molecule has 0 saturated carbocycles. The largest absolute Gasteiger partial charge is 0.348 e. The summed E-state index contributed by atoms with van der Waals surface area (Å²) >= 11 is 0. The number of pyridine rings is 1. The van der Waals surface area contributed by atoms with Gasteiger partial charge in [-0.05, 0) is 37.5 Å². The lowest BCUT2D eigenvalue weighted by Crippen LogP contribution is -2.56. The summed E-state index contributed by atoms with van der Waals surface area (Å²) in [5.74, 6) is -0.107. The number of hydrogen-bond donors (Lipinski definition) is 1. The molecule has 3 amide bonds. The number of nitrogens with zero attached hydrogens (tertiary/aromatic N) is 5. The fourth-order valence-electron chi connectivity index (χ4n) is 4.88. The van der Waals surface area contributed by atoms with Crippen molar-refractivity contribution in [2.45, 2.75) is 44.9 Å². The summed E-state index contributed by atoms with van der Waals surface area (Å²) in [4.78, 5) is 44.7. The van der Waals surface area contributed by atoms with E-state index in [1.807, 2.05) is 55.5 Å². The van der Waals surface area contributed by atoms with Crippen LogP contribution in [0.2, 0.25) is 0 Å². The molecule has 1 spiro atoms. The lowest BCUT2D eigenvalue weighted by Gasteiger charge is -2.42. The monoisotopic (exact) mass is 444 g/mol. The summed E-state index contributed by atoms with van der Waals surface area (Å²) in [6.45, 7) is 4.83. The SMILES string of the molecule is Cc1[nH]cnc1CN1CCC2(CC1)C(=O)N(Cc1ccccn1)C(=O)N2Cc1ccccc1. The Morgan fingerprint density at radius 2 is 1.70 bits per heavy atom. The second-order valence-electron chi connectivity index (χ2n) is 8.85. The number of rotatable bonds is 6. The van der Waals surface area contributed by atoms with E-state index < -0.39 is 5.54 Å². The third kappa shape index (κ3) is 4.02. The van der Waals surface area contributed by atoms with Crippen molar-refractivity contribution < 1.29 is 9.59 Å². The van der Waals surface area contributed by atoms with Crippen LogP contribution in [0, 0.1) is 6.92 Å². The van der Waals surface area contributed by atoms with Gasteiger partial charge in [0.05, 0.1) is 24.3 Å². The molecular weight excluding hydrogens is 416 g/mol. The van der Waals surface area contributed by atoms with E-state index in [2.05, 4.69) is 19.9 Å². The molecule has 170 valence electrons. The molecule has 8 heteroatoms. The smallest absolute Gasteiger partial charge is 0.328 e. The third-order valence-corrected chi connectivity index (χ3v) is 6.84. The number of nitrogens with one attached hydrogen (secondary N) is 1. The topological polar surface area (TPSA) is 85.4 Å². The van der Waals surface area contributed by atoms with Crippen LogP contribution in [0.5, 0.6) is 0 Å². The Hall–Kier alpha value is -3.52. The van der Waals surface area contributed by atoms with Crippen molar-refractivity contribution in [1.82, 2.24) is 29.7 Å². The van der Waals surface area contributed by atoms with Gasteiger partial charge in [-0.15, -0.1) is 0 Å². The molecule has 33 heavy (non-hydrogen) atoms. The number of piperidine rings is 1. The average molecular weight is 445 g/mol. The summed E-state index contributed by atoms with van der Waals surface area (Å²) in [5, 5.41) is 0. The molecule has 3 aromatic rings. The van der Waals surface area contributed by atoms with E-state index in [4.69, 9.17) is 0 Å². The second kappa shape index (κ2) is 8.78. The Kier molecular flexibility index (Phi) is 5.68. The Labute approximate surface area is 193 Å². The fourth-order valence-corrected chi connectivity index (χ4v) is 4.88. The van der Waals surface area contributed by atoms with E-state index in [0.29, 0.717) is 25.1 Å². The van der Waals surface area contributed by atoms with Crippen LogP contribution in [-0.4, -0.2) is 60.2 Å². The average Bonchev–Trinajstić information content (AvgIpc) is 3.33. The maximum absolute atomic E-state index is 13.8. The number of hydrogen-bond acceptors (Lipinski definition) is 5. The van der Waals surface area contributed by atoms with Gasteiger partial charge in [0.1, 0.15) is 5.54 Å². The maximum Gasteiger partial charge on any atom is 0.328 e. The predicted octanol–water partition coefficient (Wildman–Crippen LogP) is 3.11. The predicted molar refractivity (Wildman–Crippen MR) is 123 cm³/mol. The highest BCUT2D eigenvalue weighted by Crippen LogP contribution is 2.39. The molecule has 2 fully saturated rings. The third-order valence-electron chi connectivity index (χ3n) is 6.84. The number of carbonyl (C=O) groups is 2. The molecule has 1 aromatic carbocycles. The minimum Gasteiger partial charge on any atom is -0.348 e. The molecule has 1 N–H and O–H groups in total. The zero-order chi connectivity index (χ0) is 22.8. The quantitative estimate of drug-likeness (QED) is 0.591. The van der Waals surface area contributed by atoms with E-state index >= 15 is 0 Å². The van der Waals surface area contributed by atoms with E-state index in [1.165, 1.54) is 4.90 Å². The van der Waals surface area contributed by atoms with Crippen molar-refractivity contribution in [2.24, 2.45) is 0 Å². The van der Waals surface area contributed by atoms with Crippen LogP contribution in [0.4, 0.5) is 4.79 Å². The maximum atomic E-state index is 13.8. The molecule has 2 aliphatic rings. The van der Waals surface area contributed by atoms with Gasteiger partial charge in [-0.3, -0.25) is 19.6 Å². The zero-order valence-corrected chi connectivity index (χ0v) is 18.8. The molecule has 2 saturated heterocycles. The number of aryl methyl sites for hydroxylation is 1. The minimum absolute atomic E-state index is 0.107. The van der Waals surface area contributed by atoms with Gasteiger partial charge in [-0.25, -0.2) is 9.78 Å². The molecule has 0 atom stereocenters. The number of H-pyrrole nitrogens is 1. The van der Waals surface area contributed by atoms with Crippen LogP contribution in [0.1, 0.15) is 35.5 Å². The van der Waals surface area contributed by atoms with Crippen molar-refractivity contribution in [3.05, 3.63) is 83.7 Å². The van der Waals surface area contributed by atoms with Crippen LogP contribution in [0.15, 0.2) is 61.1 Å². The van der Waals surface area contributed by atoms with Crippen LogP contribution in [0.3, 0.4) is 0 Å². The summed E-state index contributed by atoms with van der Waals surface area (Å²) < 4.78 is 0. The molecule has 2 aliphatic heterocycles. The van der Waals surface area contributed by atoms with Gasteiger partial charge in [0.2, 0.25) is 0 Å². The van der Waals surface area contributed by atoms with Crippen molar-refractivity contribution in [3.63, 3.8) is 0 Å². The molecule has 0 aliphatic carbocycles. The number of aromatic nitrogens is 3. The number of amides is 3. The van der Waals surface area contributed by atoms with Gasteiger partial charge in [-0.2, -0.15) is 0 Å². The van der Waals surface area contributed by atoms with Crippen LogP contribution in [0.25, 0.3) is 0 Å². The Morgan fingerprint density at radius 3 is 2.36 bits per heavy atom. The van der Waals surface area contributed by atoms with E-state index in [0.717, 1.165) is 36.6 Å². The first-order valence-corrected chi connectivity index (χ1v) is 11.4. The summed E-state index contributed by atoms with van der Waals surface area (Å²) in [5.41, 5.74) is 3.00. The lowest BCUT2D eigenvalue weighted by atomic mass is 9.85. The lowest BCUT2D eigenvalue weighted by molar-refractivity contribution is -0.136. The number of likely N-dealkylation sites (tertiary alicyclic amines) is 1. The van der Waals surface area contributed by atoms with Crippen molar-refractivity contribution in [2.75, 3.05) is 13.1 Å². The standard InChI is InChI=1S/C25H28N6O2/c1-19-22(28-18-27-19)17-29-13-10-25(11-14-29)23(32)30(16-21-9-5-6-12-26-21)24(33)31(25)15-20-7-3-2-4-8-20/h2-9,12,18H,10-11,13-17H2,1H3,(H,27,28). The molecule has 0 radical (unpaired) electrons. The molecule has 5 rings (SSSR count). The van der Waals surface area contributed by atoms with E-state index in [1.54, 1.807) is 17.4 Å². The number of imidazole rings is 1. The van der Waals surface area contributed by atoms with Crippen LogP contribution in [-0.2, 0) is 24.4 Å². The molecule has 2 aromatic heterocycles. The van der Waals surface area contributed by atoms with Gasteiger partial charge in [0.15, 0.2) is 0 Å². The Bertz CT molecular complexity index is 1120. The van der Waals surface area contributed by atoms with Crippen LogP contribution < -0.4 is 0 Å². The molecule has 4 heterocycles. The highest BCUT2D eigenvalue weighted by atomic mass is 16.2. The second-order valence-corrected chi connectivity index (χ2v) is 8.85. The zero-order valence-electron chi connectivity index (χ0n) is 18.8. The van der Waals surface area contributed by atoms with Gasteiger partial charge in [0, 0.05) is 38.1 Å². The van der Waals surface area contributed by atoms with E-state index in [9.17, 15) is 9.59 Å². The van der Waals surface area contributed by atoms with Crippen LogP contribution >= 0.6 is 0 Å². The van der Waals surface area contributed by atoms with Gasteiger partial charge in [0.25, 0.3) is 5.91 Å². The highest BCUT2D eigenvalue weighted by molar-refractivity contribution is 6.07. The molecule has 8 nitrogen and oxygen atoms in total. The van der Waals surface area contributed by atoms with Gasteiger partial charge < -0.3 is 9.88 Å². The first-order valence-electron chi connectivity index (χ1n) is 11.4. The number of imide groups is 1. The summed E-state index contributed by atoms with van der Waals surface area (Å²) in [6, 6.07) is 15.2. The fraction of sp³-hybridized carbons (Fsp3) is 0.360. The van der Waals surface area contributed by atoms with Gasteiger partial charge in [-0.1, -0.05) is 36.4 Å². The first kappa shape index (κ1) is 21.3. The minimum atomic E-state index is -0.821. The normalized spacial score (nSPS) is 18.5. The molecule has 0 bridgehead atoms. The van der Waals surface area contributed by atoms with Crippen molar-refractivity contribution >= 4 is 11.9 Å². The Balaban J connectivity index is 1.39. The number of urea groups is 1. The van der Waals surface area contributed by atoms with Crippen molar-refractivity contribution in [3.8, 4) is 0 Å². The molecule has 0 unspecified atom stereocenters.